The minimum absolute atomic E-state index is 0.250. The molecule has 0 aliphatic heterocycles. The quantitative estimate of drug-likeness (QED) is 0.668. The maximum atomic E-state index is 11.6. The van der Waals surface area contributed by atoms with Gasteiger partial charge in [-0.1, -0.05) is 13.8 Å². The van der Waals surface area contributed by atoms with Gasteiger partial charge in [0, 0.05) is 7.11 Å². The summed E-state index contributed by atoms with van der Waals surface area (Å²) in [7, 11) is -2.24. The summed E-state index contributed by atoms with van der Waals surface area (Å²) in [6.45, 7) is 4.88. The summed E-state index contributed by atoms with van der Waals surface area (Å²) in [6, 6.07) is -1.10. The van der Waals surface area contributed by atoms with Crippen molar-refractivity contribution in [2.75, 3.05) is 12.9 Å². The zero-order chi connectivity index (χ0) is 12.9. The summed E-state index contributed by atoms with van der Waals surface area (Å²) in [4.78, 5) is 10.8. The first-order chi connectivity index (χ1) is 7.19. The molecule has 0 rings (SSSR count). The lowest BCUT2D eigenvalue weighted by atomic mass is 10.1. The van der Waals surface area contributed by atoms with E-state index in [0.717, 1.165) is 0 Å². The Labute approximate surface area is 96.0 Å². The molecule has 0 fully saturated rings. The van der Waals surface area contributed by atoms with Gasteiger partial charge in [0.1, 0.15) is 6.04 Å². The molecule has 2 N–H and O–H groups in total. The van der Waals surface area contributed by atoms with Crippen molar-refractivity contribution in [3.63, 3.8) is 0 Å². The normalized spacial score (nSPS) is 16.1. The number of aliphatic carboxylic acids is 1. The van der Waals surface area contributed by atoms with Gasteiger partial charge < -0.3 is 9.84 Å². The predicted molar refractivity (Wildman–Crippen MR) is 59.7 cm³/mol. The van der Waals surface area contributed by atoms with Gasteiger partial charge in [0.2, 0.25) is 10.0 Å². The molecule has 0 aromatic carbocycles. The Hall–Kier alpha value is -0.660. The van der Waals surface area contributed by atoms with E-state index < -0.39 is 28.1 Å². The number of carbonyl (C=O) groups is 1. The van der Waals surface area contributed by atoms with Crippen LogP contribution in [0, 0.1) is 5.92 Å². The summed E-state index contributed by atoms with van der Waals surface area (Å²) in [5, 5.41) is 8.84. The van der Waals surface area contributed by atoms with E-state index in [-0.39, 0.29) is 11.7 Å². The highest BCUT2D eigenvalue weighted by Crippen LogP contribution is 2.05. The second-order valence-corrected chi connectivity index (χ2v) is 5.80. The number of hydrogen-bond acceptors (Lipinski definition) is 4. The van der Waals surface area contributed by atoms with Gasteiger partial charge in [-0.15, -0.1) is 0 Å². The average molecular weight is 253 g/mol. The smallest absolute Gasteiger partial charge is 0.321 e. The van der Waals surface area contributed by atoms with Gasteiger partial charge in [-0.2, -0.15) is 0 Å². The number of sulfonamides is 1. The van der Waals surface area contributed by atoms with Gasteiger partial charge in [0.05, 0.1) is 11.9 Å². The average Bonchev–Trinajstić information content (AvgIpc) is 2.12. The zero-order valence-electron chi connectivity index (χ0n) is 9.93. The molecule has 0 amide bonds. The third kappa shape index (κ3) is 5.43. The number of methoxy groups -OCH3 is 1. The monoisotopic (exact) mass is 253 g/mol. The number of nitrogens with one attached hydrogen (secondary N) is 1. The lowest BCUT2D eigenvalue weighted by Gasteiger charge is -2.19. The molecule has 0 heterocycles. The lowest BCUT2D eigenvalue weighted by Crippen LogP contribution is -2.46. The third-order valence-corrected chi connectivity index (χ3v) is 3.62. The molecular weight excluding hydrogens is 234 g/mol. The van der Waals surface area contributed by atoms with Crippen LogP contribution in [0.4, 0.5) is 0 Å². The Kier molecular flexibility index (Phi) is 5.91. The SMILES string of the molecule is COC(C)CS(=O)(=O)N[C@@H](C(=O)O)C(C)C. The van der Waals surface area contributed by atoms with Crippen LogP contribution in [0.2, 0.25) is 0 Å². The van der Waals surface area contributed by atoms with Crippen LogP contribution >= 0.6 is 0 Å². The van der Waals surface area contributed by atoms with E-state index in [4.69, 9.17) is 9.84 Å². The highest BCUT2D eigenvalue weighted by atomic mass is 32.2. The molecule has 0 aromatic rings. The van der Waals surface area contributed by atoms with Crippen molar-refractivity contribution >= 4 is 16.0 Å². The molecular formula is C9H19NO5S. The van der Waals surface area contributed by atoms with Crippen LogP contribution in [0.5, 0.6) is 0 Å². The molecule has 16 heavy (non-hydrogen) atoms. The summed E-state index contributed by atoms with van der Waals surface area (Å²) in [5.74, 6) is -1.74. The molecule has 6 nitrogen and oxygen atoms in total. The molecule has 7 heteroatoms. The molecule has 0 saturated carbocycles. The molecule has 0 saturated heterocycles. The van der Waals surface area contributed by atoms with E-state index in [2.05, 4.69) is 4.72 Å². The zero-order valence-corrected chi connectivity index (χ0v) is 10.7. The van der Waals surface area contributed by atoms with Gasteiger partial charge in [0.25, 0.3) is 0 Å². The topological polar surface area (TPSA) is 92.7 Å². The Morgan fingerprint density at radius 2 is 1.88 bits per heavy atom. The molecule has 0 bridgehead atoms. The molecule has 2 atom stereocenters. The number of carboxylic acid groups (broad SMARTS) is 1. The Morgan fingerprint density at radius 3 is 2.19 bits per heavy atom. The third-order valence-electron chi connectivity index (χ3n) is 2.10. The molecule has 0 aliphatic rings. The van der Waals surface area contributed by atoms with Crippen molar-refractivity contribution in [3.8, 4) is 0 Å². The summed E-state index contributed by atoms with van der Waals surface area (Å²) < 4.78 is 30.1. The summed E-state index contributed by atoms with van der Waals surface area (Å²) in [6.07, 6.45) is -0.473. The first kappa shape index (κ1) is 15.3. The maximum Gasteiger partial charge on any atom is 0.321 e. The van der Waals surface area contributed by atoms with Crippen molar-refractivity contribution < 1.29 is 23.1 Å². The maximum absolute atomic E-state index is 11.6. The first-order valence-electron chi connectivity index (χ1n) is 4.95. The van der Waals surface area contributed by atoms with Crippen LogP contribution in [-0.2, 0) is 19.6 Å². The minimum Gasteiger partial charge on any atom is -0.480 e. The fourth-order valence-corrected chi connectivity index (χ4v) is 2.70. The summed E-state index contributed by atoms with van der Waals surface area (Å²) in [5.41, 5.74) is 0. The van der Waals surface area contributed by atoms with Crippen LogP contribution in [0.3, 0.4) is 0 Å². The number of hydrogen-bond donors (Lipinski definition) is 2. The molecule has 96 valence electrons. The van der Waals surface area contributed by atoms with Crippen LogP contribution in [0.15, 0.2) is 0 Å². The van der Waals surface area contributed by atoms with Crippen molar-refractivity contribution in [2.24, 2.45) is 5.92 Å². The second-order valence-electron chi connectivity index (χ2n) is 4.01. The fourth-order valence-electron chi connectivity index (χ4n) is 1.09. The molecule has 0 spiro atoms. The first-order valence-corrected chi connectivity index (χ1v) is 6.60. The van der Waals surface area contributed by atoms with Crippen LogP contribution in [0.25, 0.3) is 0 Å². The Morgan fingerprint density at radius 1 is 1.38 bits per heavy atom. The van der Waals surface area contributed by atoms with Crippen molar-refractivity contribution in [1.29, 1.82) is 0 Å². The molecule has 0 aliphatic carbocycles. The molecule has 0 radical (unpaired) electrons. The van der Waals surface area contributed by atoms with E-state index in [0.29, 0.717) is 0 Å². The van der Waals surface area contributed by atoms with E-state index >= 15 is 0 Å². The number of ether oxygens (including phenoxy) is 1. The predicted octanol–water partition coefficient (Wildman–Crippen LogP) is 0.0499. The van der Waals surface area contributed by atoms with Crippen molar-refractivity contribution in [1.82, 2.24) is 4.72 Å². The van der Waals surface area contributed by atoms with E-state index in [1.54, 1.807) is 20.8 Å². The Balaban J connectivity index is 4.61. The summed E-state index contributed by atoms with van der Waals surface area (Å²) >= 11 is 0. The lowest BCUT2D eigenvalue weighted by molar-refractivity contribution is -0.140. The van der Waals surface area contributed by atoms with Crippen molar-refractivity contribution in [3.05, 3.63) is 0 Å². The largest absolute Gasteiger partial charge is 0.480 e. The number of carboxylic acids is 1. The van der Waals surface area contributed by atoms with Gasteiger partial charge in [-0.3, -0.25) is 4.79 Å². The van der Waals surface area contributed by atoms with Crippen LogP contribution < -0.4 is 4.72 Å². The highest BCUT2D eigenvalue weighted by molar-refractivity contribution is 7.89. The van der Waals surface area contributed by atoms with E-state index in [1.807, 2.05) is 0 Å². The van der Waals surface area contributed by atoms with Gasteiger partial charge in [-0.25, -0.2) is 13.1 Å². The standard InChI is InChI=1S/C9H19NO5S/c1-6(2)8(9(11)12)10-16(13,14)5-7(3)15-4/h6-8,10H,5H2,1-4H3,(H,11,12)/t7?,8-/m1/s1. The van der Waals surface area contributed by atoms with Gasteiger partial charge in [0.15, 0.2) is 0 Å². The molecule has 0 aromatic heterocycles. The highest BCUT2D eigenvalue weighted by Gasteiger charge is 2.27. The van der Waals surface area contributed by atoms with Gasteiger partial charge in [-0.05, 0) is 12.8 Å². The van der Waals surface area contributed by atoms with Gasteiger partial charge >= 0.3 is 5.97 Å². The molecule has 1 unspecified atom stereocenters. The number of rotatable bonds is 7. The second kappa shape index (κ2) is 6.17. The van der Waals surface area contributed by atoms with Crippen LogP contribution in [0.1, 0.15) is 20.8 Å². The minimum atomic E-state index is -3.64. The van der Waals surface area contributed by atoms with E-state index in [1.165, 1.54) is 7.11 Å². The van der Waals surface area contributed by atoms with E-state index in [9.17, 15) is 13.2 Å². The van der Waals surface area contributed by atoms with Crippen molar-refractivity contribution in [2.45, 2.75) is 32.9 Å². The van der Waals surface area contributed by atoms with Crippen LogP contribution in [-0.4, -0.2) is 44.5 Å². The Bertz CT molecular complexity index is 325. The fraction of sp³-hybridized carbons (Fsp3) is 0.889.